The third kappa shape index (κ3) is 12.2. The second-order valence-electron chi connectivity index (χ2n) is 0.324. The molecule has 1 radical (unpaired) electrons. The summed E-state index contributed by atoms with van der Waals surface area (Å²) in [4.78, 5) is 0. The molecule has 0 aromatic rings. The van der Waals surface area contributed by atoms with Crippen LogP contribution in [0.3, 0.4) is 0 Å². The van der Waals surface area contributed by atoms with E-state index in [0.717, 1.165) is 0 Å². The molecule has 3 heteroatoms. The van der Waals surface area contributed by atoms with E-state index < -0.39 is 0 Å². The van der Waals surface area contributed by atoms with Crippen LogP contribution in [0.25, 0.3) is 0 Å². The molecular weight excluding hydrogens is 143 g/mol. The Morgan fingerprint density at radius 3 is 2.00 bits per heavy atom. The molecule has 2 nitrogen and oxygen atoms in total. The molecule has 0 aromatic heterocycles. The van der Waals surface area contributed by atoms with Gasteiger partial charge in [-0.05, 0) is 0 Å². The average molecular weight is 147 g/mol. The van der Waals surface area contributed by atoms with Gasteiger partial charge in [-0.25, -0.2) is 0 Å². The maximum Gasteiger partial charge on any atom is 0 e. The smallest absolute Gasteiger partial charge is 0 e. The topological polar surface area (TPSA) is 32.6 Å². The zero-order valence-corrected chi connectivity index (χ0v) is 5.81. The largest absolute Gasteiger partial charge is 0.447 e. The normalized spacial score (nSPS) is 7.40. The van der Waals surface area contributed by atoms with E-state index in [1.807, 2.05) is 0 Å². The molecule has 0 saturated heterocycles. The molecule has 0 atom stereocenters. The van der Waals surface area contributed by atoms with Crippen molar-refractivity contribution in [1.82, 2.24) is 0 Å². The Morgan fingerprint density at radius 2 is 2.00 bits per heavy atom. The van der Waals surface area contributed by atoms with Gasteiger partial charge in [0.2, 0.25) is 0 Å². The summed E-state index contributed by atoms with van der Waals surface area (Å²) >= 11 is 0. The second kappa shape index (κ2) is 8.82. The van der Waals surface area contributed by atoms with Gasteiger partial charge in [-0.2, -0.15) is 6.92 Å². The molecule has 0 aliphatic carbocycles. The number of hydrogen-bond acceptors (Lipinski definition) is 2. The molecule has 0 spiro atoms. The number of nitrogens with zero attached hydrogens (tertiary/aromatic N) is 1. The van der Waals surface area contributed by atoms with E-state index in [4.69, 9.17) is 5.21 Å². The summed E-state index contributed by atoms with van der Waals surface area (Å²) < 4.78 is 0. The number of rotatable bonds is 0. The summed E-state index contributed by atoms with van der Waals surface area (Å²) in [7, 11) is 0. The van der Waals surface area contributed by atoms with Crippen molar-refractivity contribution >= 4 is 6.21 Å². The predicted molar refractivity (Wildman–Crippen MR) is 14.9 cm³/mol. The molecule has 0 fully saturated rings. The Hall–Kier alpha value is 0.574. The van der Waals surface area contributed by atoms with Crippen LogP contribution >= 0.6 is 0 Å². The summed E-state index contributed by atoms with van der Waals surface area (Å²) in [5, 5.41) is 9.88. The van der Waals surface area contributed by atoms with Crippen LogP contribution in [-0.2, 0) is 32.7 Å². The van der Waals surface area contributed by atoms with Gasteiger partial charge in [-0.15, -0.1) is 0 Å². The standard InChI is InChI=1S/C2H4NO.Y/c1-2-3-4;/h4H,1H3;/q-1;. The second-order valence-corrected chi connectivity index (χ2v) is 0.324. The molecule has 1 N–H and O–H groups in total. The van der Waals surface area contributed by atoms with Crippen LogP contribution in [0.1, 0.15) is 6.92 Å². The fourth-order valence-corrected chi connectivity index (χ4v) is 0. The van der Waals surface area contributed by atoms with Crippen molar-refractivity contribution < 1.29 is 37.9 Å². The van der Waals surface area contributed by atoms with E-state index in [9.17, 15) is 0 Å². The maximum absolute atomic E-state index is 7.39. The maximum atomic E-state index is 7.39. The monoisotopic (exact) mass is 147 g/mol. The van der Waals surface area contributed by atoms with Gasteiger partial charge in [-0.1, -0.05) is 0 Å². The first-order valence-corrected chi connectivity index (χ1v) is 0.924. The molecule has 0 aliphatic rings. The van der Waals surface area contributed by atoms with Crippen molar-refractivity contribution in [1.29, 1.82) is 0 Å². The Kier molecular flexibility index (Phi) is 16.1. The quantitative estimate of drug-likeness (QED) is 0.228. The van der Waals surface area contributed by atoms with Gasteiger partial charge >= 0.3 is 0 Å². The first kappa shape index (κ1) is 9.13. The first-order valence-electron chi connectivity index (χ1n) is 0.924. The Morgan fingerprint density at radius 1 is 1.80 bits per heavy atom. The van der Waals surface area contributed by atoms with Gasteiger partial charge in [0.1, 0.15) is 0 Å². The van der Waals surface area contributed by atoms with Crippen molar-refractivity contribution in [3.05, 3.63) is 0 Å². The van der Waals surface area contributed by atoms with Gasteiger partial charge in [0, 0.05) is 32.7 Å². The van der Waals surface area contributed by atoms with E-state index >= 15 is 0 Å². The molecule has 0 unspecified atom stereocenters. The Balaban J connectivity index is 0. The minimum atomic E-state index is 0. The minimum absolute atomic E-state index is 0. The van der Waals surface area contributed by atoms with Crippen molar-refractivity contribution in [3.63, 3.8) is 0 Å². The molecule has 0 aliphatic heterocycles. The van der Waals surface area contributed by atoms with Crippen LogP contribution in [0.4, 0.5) is 0 Å². The minimum Gasteiger partial charge on any atom is -0.447 e. The van der Waals surface area contributed by atoms with Crippen LogP contribution in [0, 0.1) is 0 Å². The van der Waals surface area contributed by atoms with Crippen LogP contribution in [0.5, 0.6) is 0 Å². The van der Waals surface area contributed by atoms with Crippen LogP contribution in [-0.4, -0.2) is 11.4 Å². The molecule has 0 heterocycles. The van der Waals surface area contributed by atoms with Crippen LogP contribution in [0.2, 0.25) is 0 Å². The third-order valence-electron chi connectivity index (χ3n) is 0.100. The molecule has 0 rings (SSSR count). The Bertz CT molecular complexity index is 24.8. The van der Waals surface area contributed by atoms with Crippen molar-refractivity contribution in [2.75, 3.05) is 0 Å². The molecule has 0 bridgehead atoms. The van der Waals surface area contributed by atoms with E-state index in [-0.39, 0.29) is 32.7 Å². The molecular formula is C2H4NOY-. The zero-order chi connectivity index (χ0) is 3.41. The average Bonchev–Trinajstić information content (AvgIpc) is 1.37. The molecule has 0 amide bonds. The van der Waals surface area contributed by atoms with Crippen molar-refractivity contribution in [2.45, 2.75) is 6.92 Å². The first-order chi connectivity index (χ1) is 1.91. The summed E-state index contributed by atoms with van der Waals surface area (Å²) in [6, 6.07) is 0. The zero-order valence-electron chi connectivity index (χ0n) is 2.97. The van der Waals surface area contributed by atoms with Gasteiger partial charge in [0.05, 0.1) is 0 Å². The van der Waals surface area contributed by atoms with E-state index in [0.29, 0.717) is 0 Å². The van der Waals surface area contributed by atoms with E-state index in [2.05, 4.69) is 11.4 Å². The van der Waals surface area contributed by atoms with Crippen molar-refractivity contribution in [2.24, 2.45) is 5.16 Å². The van der Waals surface area contributed by atoms with Crippen molar-refractivity contribution in [3.8, 4) is 0 Å². The number of hydrogen-bond donors (Lipinski definition) is 1. The van der Waals surface area contributed by atoms with Gasteiger partial charge in [0.25, 0.3) is 0 Å². The molecule has 27 valence electrons. The van der Waals surface area contributed by atoms with Gasteiger partial charge in [-0.3, -0.25) is 0 Å². The molecule has 0 saturated carbocycles. The molecule has 0 aromatic carbocycles. The van der Waals surface area contributed by atoms with Gasteiger partial charge in [0.15, 0.2) is 0 Å². The fraction of sp³-hybridized carbons (Fsp3) is 0.500. The summed E-state index contributed by atoms with van der Waals surface area (Å²) in [6.07, 6.45) is 2.11. The summed E-state index contributed by atoms with van der Waals surface area (Å²) in [5.41, 5.74) is 0. The van der Waals surface area contributed by atoms with Crippen LogP contribution < -0.4 is 0 Å². The SMILES string of the molecule is C[C-]=NO.[Y]. The predicted octanol–water partition coefficient (Wildman–Crippen LogP) is 0.341. The van der Waals surface area contributed by atoms with Gasteiger partial charge < -0.3 is 16.6 Å². The fourth-order valence-electron chi connectivity index (χ4n) is 0. The Labute approximate surface area is 56.1 Å². The third-order valence-corrected chi connectivity index (χ3v) is 0.100. The summed E-state index contributed by atoms with van der Waals surface area (Å²) in [6.45, 7) is 1.51. The summed E-state index contributed by atoms with van der Waals surface area (Å²) in [5.74, 6) is 0. The van der Waals surface area contributed by atoms with Crippen LogP contribution in [0.15, 0.2) is 5.16 Å². The van der Waals surface area contributed by atoms with E-state index in [1.165, 1.54) is 6.92 Å². The molecule has 5 heavy (non-hydrogen) atoms. The van der Waals surface area contributed by atoms with E-state index in [1.54, 1.807) is 0 Å².